The third kappa shape index (κ3) is 7.20. The fourth-order valence-corrected chi connectivity index (χ4v) is 2.70. The quantitative estimate of drug-likeness (QED) is 0.786. The number of nitrogens with one attached hydrogen (secondary N) is 2. The van der Waals surface area contributed by atoms with Crippen molar-refractivity contribution in [1.29, 1.82) is 0 Å². The summed E-state index contributed by atoms with van der Waals surface area (Å²) in [7, 11) is 1.72. The molecule has 0 radical (unpaired) electrons. The Hall–Kier alpha value is -1.30. The molecule has 7 heteroatoms. The Morgan fingerprint density at radius 2 is 1.65 bits per heavy atom. The standard InChI is InChI=1S/C16H23Cl2N3O2/c1-10(2)19-15(22)8-21(4)9-16(23)20-11(3)13-6-5-12(17)7-14(13)18/h5-7,10-11H,8-9H2,1-4H3,(H,19,22)(H,20,23)/t11-/m0/s1. The minimum absolute atomic E-state index is 0.0804. The smallest absolute Gasteiger partial charge is 0.234 e. The van der Waals surface area contributed by atoms with Crippen LogP contribution in [0.5, 0.6) is 0 Å². The third-order valence-electron chi connectivity index (χ3n) is 3.08. The van der Waals surface area contributed by atoms with E-state index in [0.29, 0.717) is 10.0 Å². The molecule has 0 aliphatic carbocycles. The maximum atomic E-state index is 12.1. The molecular formula is C16H23Cl2N3O2. The molecule has 0 aromatic heterocycles. The van der Waals surface area contributed by atoms with Gasteiger partial charge in [-0.2, -0.15) is 0 Å². The number of rotatable bonds is 7. The predicted molar refractivity (Wildman–Crippen MR) is 93.8 cm³/mol. The molecule has 0 unspecified atom stereocenters. The number of nitrogens with zero attached hydrogens (tertiary/aromatic N) is 1. The van der Waals surface area contributed by atoms with Gasteiger partial charge in [0.2, 0.25) is 11.8 Å². The van der Waals surface area contributed by atoms with Gasteiger partial charge >= 0.3 is 0 Å². The molecule has 1 aromatic rings. The summed E-state index contributed by atoms with van der Waals surface area (Å²) in [5.74, 6) is -0.285. The van der Waals surface area contributed by atoms with Crippen molar-refractivity contribution in [3.63, 3.8) is 0 Å². The van der Waals surface area contributed by atoms with Crippen LogP contribution in [0.4, 0.5) is 0 Å². The Labute approximate surface area is 147 Å². The van der Waals surface area contributed by atoms with Crippen LogP contribution in [-0.4, -0.2) is 42.9 Å². The topological polar surface area (TPSA) is 61.4 Å². The first kappa shape index (κ1) is 19.7. The van der Waals surface area contributed by atoms with Gasteiger partial charge in [-0.25, -0.2) is 0 Å². The van der Waals surface area contributed by atoms with Crippen LogP contribution >= 0.6 is 23.2 Å². The number of likely N-dealkylation sites (N-methyl/N-ethyl adjacent to an activating group) is 1. The monoisotopic (exact) mass is 359 g/mol. The summed E-state index contributed by atoms with van der Waals surface area (Å²) in [6, 6.07) is 4.99. The zero-order chi connectivity index (χ0) is 17.6. The molecule has 1 rings (SSSR count). The van der Waals surface area contributed by atoms with Crippen molar-refractivity contribution in [2.45, 2.75) is 32.9 Å². The summed E-state index contributed by atoms with van der Waals surface area (Å²) in [5.41, 5.74) is 0.796. The van der Waals surface area contributed by atoms with Crippen LogP contribution in [0.3, 0.4) is 0 Å². The maximum Gasteiger partial charge on any atom is 0.234 e. The summed E-state index contributed by atoms with van der Waals surface area (Å²) in [6.07, 6.45) is 0. The molecule has 0 heterocycles. The van der Waals surface area contributed by atoms with E-state index in [2.05, 4.69) is 10.6 Å². The summed E-state index contributed by atoms with van der Waals surface area (Å²) >= 11 is 12.0. The Morgan fingerprint density at radius 3 is 2.17 bits per heavy atom. The molecule has 1 aromatic carbocycles. The van der Waals surface area contributed by atoms with Gasteiger partial charge in [0.15, 0.2) is 0 Å². The Morgan fingerprint density at radius 1 is 1.09 bits per heavy atom. The van der Waals surface area contributed by atoms with E-state index in [1.54, 1.807) is 30.1 Å². The summed E-state index contributed by atoms with van der Waals surface area (Å²) in [5, 5.41) is 6.70. The Kier molecular flexibility index (Phi) is 7.82. The minimum Gasteiger partial charge on any atom is -0.353 e. The molecule has 128 valence electrons. The largest absolute Gasteiger partial charge is 0.353 e. The molecule has 0 fully saturated rings. The second-order valence-electron chi connectivity index (χ2n) is 5.85. The van der Waals surface area contributed by atoms with Crippen LogP contribution in [0.25, 0.3) is 0 Å². The van der Waals surface area contributed by atoms with E-state index in [4.69, 9.17) is 23.2 Å². The van der Waals surface area contributed by atoms with Gasteiger partial charge in [0.25, 0.3) is 0 Å². The van der Waals surface area contributed by atoms with Gasteiger partial charge in [0, 0.05) is 16.1 Å². The first-order chi connectivity index (χ1) is 10.7. The second kappa shape index (κ2) is 9.11. The molecular weight excluding hydrogens is 337 g/mol. The van der Waals surface area contributed by atoms with Crippen molar-refractivity contribution in [1.82, 2.24) is 15.5 Å². The van der Waals surface area contributed by atoms with Crippen molar-refractivity contribution in [2.75, 3.05) is 20.1 Å². The third-order valence-corrected chi connectivity index (χ3v) is 3.65. The van der Waals surface area contributed by atoms with Gasteiger partial charge in [-0.1, -0.05) is 29.3 Å². The van der Waals surface area contributed by atoms with Gasteiger partial charge < -0.3 is 10.6 Å². The normalized spacial score (nSPS) is 12.3. The lowest BCUT2D eigenvalue weighted by molar-refractivity contribution is -0.125. The molecule has 2 N–H and O–H groups in total. The highest BCUT2D eigenvalue weighted by atomic mass is 35.5. The lowest BCUT2D eigenvalue weighted by Gasteiger charge is -2.20. The summed E-state index contributed by atoms with van der Waals surface area (Å²) in [6.45, 7) is 5.92. The minimum atomic E-state index is -0.245. The Balaban J connectivity index is 2.50. The molecule has 0 saturated carbocycles. The molecule has 0 aliphatic rings. The number of carbonyl (C=O) groups excluding carboxylic acids is 2. The highest BCUT2D eigenvalue weighted by molar-refractivity contribution is 6.35. The van der Waals surface area contributed by atoms with E-state index in [-0.39, 0.29) is 37.0 Å². The molecule has 1 atom stereocenters. The molecule has 23 heavy (non-hydrogen) atoms. The average Bonchev–Trinajstić information content (AvgIpc) is 2.36. The van der Waals surface area contributed by atoms with Gasteiger partial charge in [-0.3, -0.25) is 14.5 Å². The highest BCUT2D eigenvalue weighted by Gasteiger charge is 2.15. The van der Waals surface area contributed by atoms with Crippen LogP contribution in [0.15, 0.2) is 18.2 Å². The van der Waals surface area contributed by atoms with Crippen molar-refractivity contribution < 1.29 is 9.59 Å². The molecule has 0 saturated heterocycles. The van der Waals surface area contributed by atoms with E-state index in [9.17, 15) is 9.59 Å². The number of hydrogen-bond acceptors (Lipinski definition) is 3. The van der Waals surface area contributed by atoms with E-state index < -0.39 is 0 Å². The summed E-state index contributed by atoms with van der Waals surface area (Å²) < 4.78 is 0. The van der Waals surface area contributed by atoms with Crippen LogP contribution in [-0.2, 0) is 9.59 Å². The molecule has 0 bridgehead atoms. The first-order valence-corrected chi connectivity index (χ1v) is 8.17. The van der Waals surface area contributed by atoms with E-state index in [0.717, 1.165) is 5.56 Å². The zero-order valence-corrected chi connectivity index (χ0v) is 15.3. The van der Waals surface area contributed by atoms with Gasteiger partial charge in [0.1, 0.15) is 0 Å². The van der Waals surface area contributed by atoms with E-state index in [1.165, 1.54) is 0 Å². The van der Waals surface area contributed by atoms with Crippen molar-refractivity contribution in [2.24, 2.45) is 0 Å². The molecule has 2 amide bonds. The SMILES string of the molecule is CC(C)NC(=O)CN(C)CC(=O)N[C@@H](C)c1ccc(Cl)cc1Cl. The van der Waals surface area contributed by atoms with Crippen molar-refractivity contribution in [3.8, 4) is 0 Å². The highest BCUT2D eigenvalue weighted by Crippen LogP contribution is 2.25. The van der Waals surface area contributed by atoms with Crippen molar-refractivity contribution >= 4 is 35.0 Å². The maximum absolute atomic E-state index is 12.1. The van der Waals surface area contributed by atoms with Crippen LogP contribution in [0.2, 0.25) is 10.0 Å². The Bertz CT molecular complexity index is 564. The molecule has 0 aliphatic heterocycles. The number of carbonyl (C=O) groups is 2. The fraction of sp³-hybridized carbons (Fsp3) is 0.500. The molecule has 5 nitrogen and oxygen atoms in total. The molecule has 0 spiro atoms. The number of halogens is 2. The van der Waals surface area contributed by atoms with Gasteiger partial charge in [-0.05, 0) is 45.5 Å². The fourth-order valence-electron chi connectivity index (χ4n) is 2.13. The second-order valence-corrected chi connectivity index (χ2v) is 6.69. The first-order valence-electron chi connectivity index (χ1n) is 7.41. The van der Waals surface area contributed by atoms with E-state index in [1.807, 2.05) is 20.8 Å². The van der Waals surface area contributed by atoms with Gasteiger partial charge in [0.05, 0.1) is 19.1 Å². The number of benzene rings is 1. The average molecular weight is 360 g/mol. The van der Waals surface area contributed by atoms with Gasteiger partial charge in [-0.15, -0.1) is 0 Å². The number of amides is 2. The zero-order valence-electron chi connectivity index (χ0n) is 13.8. The summed E-state index contributed by atoms with van der Waals surface area (Å²) in [4.78, 5) is 25.4. The number of hydrogen-bond donors (Lipinski definition) is 2. The van der Waals surface area contributed by atoms with Crippen LogP contribution in [0, 0.1) is 0 Å². The van der Waals surface area contributed by atoms with Crippen LogP contribution < -0.4 is 10.6 Å². The lowest BCUT2D eigenvalue weighted by Crippen LogP contribution is -2.42. The van der Waals surface area contributed by atoms with Crippen LogP contribution in [0.1, 0.15) is 32.4 Å². The predicted octanol–water partition coefficient (Wildman–Crippen LogP) is 2.63. The van der Waals surface area contributed by atoms with E-state index >= 15 is 0 Å². The van der Waals surface area contributed by atoms with Crippen molar-refractivity contribution in [3.05, 3.63) is 33.8 Å². The lowest BCUT2D eigenvalue weighted by atomic mass is 10.1.